The van der Waals surface area contributed by atoms with E-state index in [1.54, 1.807) is 30.4 Å². The molecule has 0 fully saturated rings. The molecule has 6 nitrogen and oxygen atoms in total. The highest BCUT2D eigenvalue weighted by molar-refractivity contribution is 5.84. The summed E-state index contributed by atoms with van der Waals surface area (Å²) in [5.74, 6) is 0.569. The number of fused-ring (bicyclic) bond motifs is 1. The van der Waals surface area contributed by atoms with Crippen LogP contribution in [0.5, 0.6) is 0 Å². The highest BCUT2D eigenvalue weighted by atomic mass is 16.2. The highest BCUT2D eigenvalue weighted by Crippen LogP contribution is 2.16. The summed E-state index contributed by atoms with van der Waals surface area (Å²) < 4.78 is 1.52. The van der Waals surface area contributed by atoms with Crippen molar-refractivity contribution in [3.63, 3.8) is 0 Å². The standard InChI is InChI=1S/C17H18N4O2/c1-12-9-16(22)21(14-6-4-3-5-13(12)14)11-17(23)20(2)10-15-18-7-8-19-15/h3-9H,10-11H2,1-2H3,(H,18,19). The third-order valence-electron chi connectivity index (χ3n) is 3.89. The second-order valence-electron chi connectivity index (χ2n) is 5.55. The smallest absolute Gasteiger partial charge is 0.251 e. The fraction of sp³-hybridized carbons (Fsp3) is 0.235. The van der Waals surface area contributed by atoms with E-state index in [-0.39, 0.29) is 18.0 Å². The average molecular weight is 310 g/mol. The molecule has 0 atom stereocenters. The van der Waals surface area contributed by atoms with Gasteiger partial charge in [-0.15, -0.1) is 0 Å². The topological polar surface area (TPSA) is 71.0 Å². The molecule has 0 radical (unpaired) electrons. The number of aromatic nitrogens is 3. The second-order valence-corrected chi connectivity index (χ2v) is 5.55. The normalized spacial score (nSPS) is 10.9. The maximum Gasteiger partial charge on any atom is 0.251 e. The monoisotopic (exact) mass is 310 g/mol. The number of H-pyrrole nitrogens is 1. The number of nitrogens with one attached hydrogen (secondary N) is 1. The summed E-state index contributed by atoms with van der Waals surface area (Å²) in [6, 6.07) is 9.19. The second kappa shape index (κ2) is 6.08. The van der Waals surface area contributed by atoms with Crippen molar-refractivity contribution in [3.05, 3.63) is 64.5 Å². The van der Waals surface area contributed by atoms with Crippen molar-refractivity contribution in [1.29, 1.82) is 0 Å². The van der Waals surface area contributed by atoms with Crippen LogP contribution in [-0.2, 0) is 17.9 Å². The minimum atomic E-state index is -0.166. The van der Waals surface area contributed by atoms with E-state index in [0.717, 1.165) is 16.5 Å². The molecule has 0 unspecified atom stereocenters. The van der Waals surface area contributed by atoms with Gasteiger partial charge in [-0.1, -0.05) is 18.2 Å². The molecule has 0 saturated heterocycles. The van der Waals surface area contributed by atoms with Gasteiger partial charge in [0.05, 0.1) is 12.1 Å². The van der Waals surface area contributed by atoms with Crippen molar-refractivity contribution in [3.8, 4) is 0 Å². The van der Waals surface area contributed by atoms with E-state index in [9.17, 15) is 9.59 Å². The van der Waals surface area contributed by atoms with Gasteiger partial charge in [0.2, 0.25) is 5.91 Å². The molecule has 0 spiro atoms. The molecule has 0 aliphatic carbocycles. The Labute approximate surface area is 133 Å². The number of likely N-dealkylation sites (N-methyl/N-ethyl adjacent to an activating group) is 1. The van der Waals surface area contributed by atoms with Crippen LogP contribution in [0.3, 0.4) is 0 Å². The molecule has 2 heterocycles. The Morgan fingerprint density at radius 1 is 1.35 bits per heavy atom. The first-order chi connectivity index (χ1) is 11.1. The number of benzene rings is 1. The predicted molar refractivity (Wildman–Crippen MR) is 88.0 cm³/mol. The molecule has 0 bridgehead atoms. The Kier molecular flexibility index (Phi) is 3.97. The number of nitrogens with zero attached hydrogens (tertiary/aromatic N) is 3. The first-order valence-electron chi connectivity index (χ1n) is 7.37. The third kappa shape index (κ3) is 3.01. The number of aryl methyl sites for hydroxylation is 1. The summed E-state index contributed by atoms with van der Waals surface area (Å²) in [7, 11) is 1.70. The lowest BCUT2D eigenvalue weighted by molar-refractivity contribution is -0.131. The number of para-hydroxylation sites is 1. The van der Waals surface area contributed by atoms with Crippen molar-refractivity contribution >= 4 is 16.8 Å². The molecule has 6 heteroatoms. The quantitative estimate of drug-likeness (QED) is 0.797. The van der Waals surface area contributed by atoms with E-state index in [1.807, 2.05) is 31.2 Å². The number of carbonyl (C=O) groups excluding carboxylic acids is 1. The van der Waals surface area contributed by atoms with Crippen LogP contribution in [0.4, 0.5) is 0 Å². The number of hydrogen-bond donors (Lipinski definition) is 1. The van der Waals surface area contributed by atoms with Crippen LogP contribution in [-0.4, -0.2) is 32.4 Å². The largest absolute Gasteiger partial charge is 0.347 e. The van der Waals surface area contributed by atoms with E-state index >= 15 is 0 Å². The maximum absolute atomic E-state index is 12.4. The minimum Gasteiger partial charge on any atom is -0.347 e. The lowest BCUT2D eigenvalue weighted by Crippen LogP contribution is -2.34. The number of imidazole rings is 1. The van der Waals surface area contributed by atoms with Crippen molar-refractivity contribution in [1.82, 2.24) is 19.4 Å². The Hall–Kier alpha value is -2.89. The van der Waals surface area contributed by atoms with Crippen molar-refractivity contribution in [2.24, 2.45) is 0 Å². The van der Waals surface area contributed by atoms with E-state index in [4.69, 9.17) is 0 Å². The van der Waals surface area contributed by atoms with Gasteiger partial charge in [-0.3, -0.25) is 14.2 Å². The van der Waals surface area contributed by atoms with E-state index < -0.39 is 0 Å². The first-order valence-corrected chi connectivity index (χ1v) is 7.37. The summed E-state index contributed by atoms with van der Waals surface area (Å²) in [5.41, 5.74) is 1.52. The van der Waals surface area contributed by atoms with E-state index in [1.165, 1.54) is 4.57 Å². The zero-order chi connectivity index (χ0) is 16.4. The number of amides is 1. The van der Waals surface area contributed by atoms with Gasteiger partial charge in [-0.2, -0.15) is 0 Å². The molecule has 23 heavy (non-hydrogen) atoms. The Morgan fingerprint density at radius 2 is 2.13 bits per heavy atom. The molecule has 3 aromatic rings. The van der Waals surface area contributed by atoms with Crippen LogP contribution in [0.2, 0.25) is 0 Å². The molecule has 1 aromatic carbocycles. The molecule has 118 valence electrons. The number of hydrogen-bond acceptors (Lipinski definition) is 3. The van der Waals surface area contributed by atoms with E-state index in [0.29, 0.717) is 12.4 Å². The van der Waals surface area contributed by atoms with Gasteiger partial charge in [0.15, 0.2) is 0 Å². The number of aromatic amines is 1. The zero-order valence-corrected chi connectivity index (χ0v) is 13.1. The predicted octanol–water partition coefficient (Wildman–Crippen LogP) is 1.69. The van der Waals surface area contributed by atoms with Crippen LogP contribution in [0.15, 0.2) is 47.5 Å². The fourth-order valence-corrected chi connectivity index (χ4v) is 2.62. The van der Waals surface area contributed by atoms with Crippen molar-refractivity contribution in [2.75, 3.05) is 7.05 Å². The van der Waals surface area contributed by atoms with Gasteiger partial charge < -0.3 is 9.88 Å². The van der Waals surface area contributed by atoms with Gasteiger partial charge >= 0.3 is 0 Å². The van der Waals surface area contributed by atoms with Gasteiger partial charge in [-0.25, -0.2) is 4.98 Å². The molecular weight excluding hydrogens is 292 g/mol. The third-order valence-corrected chi connectivity index (χ3v) is 3.89. The van der Waals surface area contributed by atoms with Gasteiger partial charge in [0.1, 0.15) is 12.4 Å². The Morgan fingerprint density at radius 3 is 2.87 bits per heavy atom. The van der Waals surface area contributed by atoms with Crippen LogP contribution < -0.4 is 5.56 Å². The molecule has 0 aliphatic rings. The summed E-state index contributed by atoms with van der Waals surface area (Å²) >= 11 is 0. The number of rotatable bonds is 4. The Balaban J connectivity index is 1.89. The van der Waals surface area contributed by atoms with Crippen LogP contribution in [0.25, 0.3) is 10.9 Å². The molecule has 1 N–H and O–H groups in total. The maximum atomic E-state index is 12.4. The van der Waals surface area contributed by atoms with Crippen LogP contribution >= 0.6 is 0 Å². The van der Waals surface area contributed by atoms with Crippen molar-refractivity contribution < 1.29 is 4.79 Å². The SMILES string of the molecule is Cc1cc(=O)n(CC(=O)N(C)Cc2ncc[nH]2)c2ccccc12. The molecule has 0 saturated carbocycles. The van der Waals surface area contributed by atoms with Gasteiger partial charge in [-0.05, 0) is 18.6 Å². The Bertz CT molecular complexity index is 897. The van der Waals surface area contributed by atoms with Crippen LogP contribution in [0, 0.1) is 6.92 Å². The fourth-order valence-electron chi connectivity index (χ4n) is 2.62. The van der Waals surface area contributed by atoms with E-state index in [2.05, 4.69) is 9.97 Å². The average Bonchev–Trinajstić information content (AvgIpc) is 3.04. The minimum absolute atomic E-state index is 0.0107. The first kappa shape index (κ1) is 15.0. The summed E-state index contributed by atoms with van der Waals surface area (Å²) in [6.45, 7) is 2.29. The molecule has 3 rings (SSSR count). The van der Waals surface area contributed by atoms with Gasteiger partial charge in [0, 0.05) is 30.9 Å². The summed E-state index contributed by atoms with van der Waals surface area (Å²) in [6.07, 6.45) is 3.36. The summed E-state index contributed by atoms with van der Waals surface area (Å²) in [4.78, 5) is 33.4. The molecule has 0 aliphatic heterocycles. The molecule has 1 amide bonds. The zero-order valence-electron chi connectivity index (χ0n) is 13.1. The van der Waals surface area contributed by atoms with Gasteiger partial charge in [0.25, 0.3) is 5.56 Å². The molecular formula is C17H18N4O2. The lowest BCUT2D eigenvalue weighted by atomic mass is 10.1. The molecule has 2 aromatic heterocycles. The number of carbonyl (C=O) groups is 1. The number of pyridine rings is 1. The van der Waals surface area contributed by atoms with Crippen molar-refractivity contribution in [2.45, 2.75) is 20.0 Å². The highest BCUT2D eigenvalue weighted by Gasteiger charge is 2.14. The summed E-state index contributed by atoms with van der Waals surface area (Å²) in [5, 5.41) is 0.980. The van der Waals surface area contributed by atoms with Crippen LogP contribution in [0.1, 0.15) is 11.4 Å². The lowest BCUT2D eigenvalue weighted by Gasteiger charge is -2.18.